The third kappa shape index (κ3) is 3.66. The van der Waals surface area contributed by atoms with Crippen molar-refractivity contribution < 1.29 is 0 Å². The van der Waals surface area contributed by atoms with Crippen molar-refractivity contribution in [3.05, 3.63) is 34.6 Å². The summed E-state index contributed by atoms with van der Waals surface area (Å²) in [6.45, 7) is 7.74. The number of imidazole rings is 1. The summed E-state index contributed by atoms with van der Waals surface area (Å²) >= 11 is 6.43. The van der Waals surface area contributed by atoms with Crippen LogP contribution in [0.5, 0.6) is 0 Å². The minimum atomic E-state index is 0.171. The van der Waals surface area contributed by atoms with E-state index in [4.69, 9.17) is 17.3 Å². The van der Waals surface area contributed by atoms with Crippen LogP contribution >= 0.6 is 11.6 Å². The lowest BCUT2D eigenvalue weighted by molar-refractivity contribution is 0.594. The zero-order valence-electron chi connectivity index (χ0n) is 13.0. The van der Waals surface area contributed by atoms with Crippen molar-refractivity contribution in [1.82, 2.24) is 19.3 Å². The van der Waals surface area contributed by atoms with Crippen LogP contribution in [0.3, 0.4) is 0 Å². The van der Waals surface area contributed by atoms with Gasteiger partial charge in [-0.25, -0.2) is 4.98 Å². The molecule has 0 spiro atoms. The van der Waals surface area contributed by atoms with Crippen molar-refractivity contribution in [2.75, 3.05) is 0 Å². The van der Waals surface area contributed by atoms with Crippen molar-refractivity contribution in [1.29, 1.82) is 0 Å². The van der Waals surface area contributed by atoms with Gasteiger partial charge in [0.15, 0.2) is 0 Å². The number of halogens is 1. The highest BCUT2D eigenvalue weighted by atomic mass is 35.5. The first-order valence-electron chi connectivity index (χ1n) is 7.59. The molecule has 116 valence electrons. The van der Waals surface area contributed by atoms with Gasteiger partial charge < -0.3 is 10.3 Å². The molecule has 0 bridgehead atoms. The largest absolute Gasteiger partial charge is 0.331 e. The van der Waals surface area contributed by atoms with Gasteiger partial charge >= 0.3 is 0 Å². The number of aromatic nitrogens is 4. The van der Waals surface area contributed by atoms with Gasteiger partial charge in [-0.05, 0) is 19.8 Å². The second-order valence-corrected chi connectivity index (χ2v) is 5.66. The Balaban J connectivity index is 2.17. The summed E-state index contributed by atoms with van der Waals surface area (Å²) in [7, 11) is 0. The SMILES string of the molecule is CCc1nn(CC)c(Cn2cnc(CC(N)CC)c2)c1Cl. The number of hydrogen-bond donors (Lipinski definition) is 1. The van der Waals surface area contributed by atoms with Crippen molar-refractivity contribution in [2.24, 2.45) is 5.73 Å². The van der Waals surface area contributed by atoms with E-state index < -0.39 is 0 Å². The van der Waals surface area contributed by atoms with E-state index in [9.17, 15) is 0 Å². The Morgan fingerprint density at radius 1 is 1.33 bits per heavy atom. The highest BCUT2D eigenvalue weighted by Crippen LogP contribution is 2.22. The molecule has 0 aliphatic rings. The molecule has 0 amide bonds. The Hall–Kier alpha value is -1.33. The lowest BCUT2D eigenvalue weighted by Crippen LogP contribution is -2.21. The van der Waals surface area contributed by atoms with Crippen LogP contribution in [0.25, 0.3) is 0 Å². The first-order chi connectivity index (χ1) is 10.1. The van der Waals surface area contributed by atoms with E-state index in [-0.39, 0.29) is 6.04 Å². The summed E-state index contributed by atoms with van der Waals surface area (Å²) in [5.41, 5.74) is 9.00. The topological polar surface area (TPSA) is 61.7 Å². The van der Waals surface area contributed by atoms with Crippen LogP contribution in [-0.2, 0) is 25.9 Å². The number of rotatable bonds is 7. The lowest BCUT2D eigenvalue weighted by atomic mass is 10.1. The average Bonchev–Trinajstić information content (AvgIpc) is 3.05. The summed E-state index contributed by atoms with van der Waals surface area (Å²) in [5, 5.41) is 5.32. The quantitative estimate of drug-likeness (QED) is 0.855. The molecule has 0 fully saturated rings. The fourth-order valence-electron chi connectivity index (χ4n) is 2.35. The highest BCUT2D eigenvalue weighted by molar-refractivity contribution is 6.31. The fourth-order valence-corrected chi connectivity index (χ4v) is 2.68. The molecule has 0 radical (unpaired) electrons. The molecule has 1 atom stereocenters. The van der Waals surface area contributed by atoms with Crippen molar-refractivity contribution in [3.8, 4) is 0 Å². The Kier molecular flexibility index (Phi) is 5.42. The maximum absolute atomic E-state index is 6.43. The van der Waals surface area contributed by atoms with E-state index in [1.54, 1.807) is 0 Å². The van der Waals surface area contributed by atoms with Crippen LogP contribution in [0.2, 0.25) is 5.02 Å². The Labute approximate surface area is 131 Å². The second-order valence-electron chi connectivity index (χ2n) is 5.29. The predicted octanol–water partition coefficient (Wildman–Crippen LogP) is 2.64. The molecule has 2 heterocycles. The van der Waals surface area contributed by atoms with Crippen molar-refractivity contribution in [2.45, 2.75) is 59.2 Å². The van der Waals surface area contributed by atoms with Gasteiger partial charge in [0.05, 0.1) is 35.0 Å². The molecule has 6 heteroatoms. The van der Waals surface area contributed by atoms with E-state index in [1.807, 2.05) is 21.8 Å². The van der Waals surface area contributed by atoms with Crippen LogP contribution < -0.4 is 5.73 Å². The molecular weight excluding hydrogens is 286 g/mol. The van der Waals surface area contributed by atoms with Gasteiger partial charge in [-0.1, -0.05) is 25.4 Å². The standard InChI is InChI=1S/C15H24ClN5/c1-4-11(17)7-12-8-20(10-18-12)9-14-15(16)13(5-2)19-21(14)6-3/h8,10-11H,4-7,9,17H2,1-3H3. The fraction of sp³-hybridized carbons (Fsp3) is 0.600. The molecule has 2 aromatic rings. The molecule has 0 aromatic carbocycles. The van der Waals surface area contributed by atoms with Gasteiger partial charge in [0.2, 0.25) is 0 Å². The summed E-state index contributed by atoms with van der Waals surface area (Å²) in [5.74, 6) is 0. The minimum absolute atomic E-state index is 0.171. The normalized spacial score (nSPS) is 12.8. The lowest BCUT2D eigenvalue weighted by Gasteiger charge is -2.06. The molecule has 0 aliphatic heterocycles. The predicted molar refractivity (Wildman–Crippen MR) is 85.6 cm³/mol. The van der Waals surface area contributed by atoms with Gasteiger partial charge in [0.25, 0.3) is 0 Å². The molecule has 0 saturated heterocycles. The summed E-state index contributed by atoms with van der Waals surface area (Å²) in [6.07, 6.45) is 6.50. The summed E-state index contributed by atoms with van der Waals surface area (Å²) < 4.78 is 4.02. The first kappa shape index (κ1) is 16.0. The van der Waals surface area contributed by atoms with Crippen LogP contribution in [0.15, 0.2) is 12.5 Å². The monoisotopic (exact) mass is 309 g/mol. The number of hydrogen-bond acceptors (Lipinski definition) is 3. The van der Waals surface area contributed by atoms with Crippen molar-refractivity contribution in [3.63, 3.8) is 0 Å². The first-order valence-corrected chi connectivity index (χ1v) is 7.97. The molecule has 21 heavy (non-hydrogen) atoms. The van der Waals surface area contributed by atoms with Crippen molar-refractivity contribution >= 4 is 11.6 Å². The van der Waals surface area contributed by atoms with E-state index >= 15 is 0 Å². The number of aryl methyl sites for hydroxylation is 2. The molecule has 0 saturated carbocycles. The van der Waals surface area contributed by atoms with Gasteiger partial charge in [-0.15, -0.1) is 0 Å². The third-order valence-corrected chi connectivity index (χ3v) is 4.15. The van der Waals surface area contributed by atoms with Gasteiger partial charge in [-0.3, -0.25) is 4.68 Å². The van der Waals surface area contributed by atoms with Crippen LogP contribution in [-0.4, -0.2) is 25.4 Å². The molecule has 2 rings (SSSR count). The van der Waals surface area contributed by atoms with Crippen LogP contribution in [0.1, 0.15) is 44.3 Å². The van der Waals surface area contributed by atoms with Gasteiger partial charge in [0, 0.05) is 25.2 Å². The zero-order chi connectivity index (χ0) is 15.4. The third-order valence-electron chi connectivity index (χ3n) is 3.71. The molecule has 2 N–H and O–H groups in total. The Morgan fingerprint density at radius 3 is 2.71 bits per heavy atom. The average molecular weight is 310 g/mol. The molecular formula is C15H24ClN5. The zero-order valence-corrected chi connectivity index (χ0v) is 13.8. The van der Waals surface area contributed by atoms with Gasteiger partial charge in [0.1, 0.15) is 0 Å². The van der Waals surface area contributed by atoms with E-state index in [0.29, 0.717) is 6.54 Å². The molecule has 2 aromatic heterocycles. The van der Waals surface area contributed by atoms with E-state index in [1.165, 1.54) is 0 Å². The smallest absolute Gasteiger partial charge is 0.0953 e. The number of nitrogens with zero attached hydrogens (tertiary/aromatic N) is 4. The minimum Gasteiger partial charge on any atom is -0.331 e. The van der Waals surface area contributed by atoms with Gasteiger partial charge in [-0.2, -0.15) is 5.10 Å². The second kappa shape index (κ2) is 7.09. The molecule has 1 unspecified atom stereocenters. The molecule has 5 nitrogen and oxygen atoms in total. The van der Waals surface area contributed by atoms with E-state index in [2.05, 4.69) is 30.9 Å². The summed E-state index contributed by atoms with van der Waals surface area (Å²) in [6, 6.07) is 0.171. The van der Waals surface area contributed by atoms with Crippen LogP contribution in [0.4, 0.5) is 0 Å². The number of nitrogens with two attached hydrogens (primary N) is 1. The maximum Gasteiger partial charge on any atom is 0.0953 e. The summed E-state index contributed by atoms with van der Waals surface area (Å²) in [4.78, 5) is 4.42. The Bertz CT molecular complexity index is 587. The van der Waals surface area contributed by atoms with Crippen LogP contribution in [0, 0.1) is 0 Å². The Morgan fingerprint density at radius 2 is 2.10 bits per heavy atom. The molecule has 0 aliphatic carbocycles. The maximum atomic E-state index is 6.43. The van der Waals surface area contributed by atoms with E-state index in [0.717, 1.165) is 47.9 Å². The highest BCUT2D eigenvalue weighted by Gasteiger charge is 2.15.